The molecule has 0 aromatic heterocycles. The third-order valence-corrected chi connectivity index (χ3v) is 0. The fraction of sp³-hybridized carbons (Fsp3) is 0.500. The Morgan fingerprint density at radius 1 is 0.529 bits per heavy atom. The zero-order valence-corrected chi connectivity index (χ0v) is 9.42. The van der Waals surface area contributed by atoms with Crippen LogP contribution in [0.5, 0.6) is 0 Å². The quantitative estimate of drug-likeness (QED) is 0.427. The van der Waals surface area contributed by atoms with Crippen LogP contribution in [0.15, 0.2) is 0 Å². The number of hydrogen-bond acceptors (Lipinski definition) is 4. The summed E-state index contributed by atoms with van der Waals surface area (Å²) in [6.07, 6.45) is 0. The molecule has 0 rings (SSSR count). The van der Waals surface area contributed by atoms with Crippen LogP contribution < -0.4 is 0 Å². The first-order chi connectivity index (χ1) is 6.93. The molecule has 8 nitrogen and oxygen atoms in total. The average molecular weight is 248 g/mol. The maximum atomic E-state index is 9.00. The van der Waals surface area contributed by atoms with Crippen molar-refractivity contribution in [3.05, 3.63) is 0 Å². The molecule has 0 bridgehead atoms. The third kappa shape index (κ3) is 972. The molecule has 0 atom stereocenters. The molecule has 0 amide bonds. The average Bonchev–Trinajstić information content (AvgIpc) is 1.76. The van der Waals surface area contributed by atoms with Crippen molar-refractivity contribution in [1.82, 2.24) is 0 Å². The van der Waals surface area contributed by atoms with Crippen LogP contribution in [0.4, 0.5) is 0 Å². The van der Waals surface area contributed by atoms with Gasteiger partial charge in [-0.1, -0.05) is 0 Å². The molecule has 0 unspecified atom stereocenters. The molecular formula is C8H17LiO8. The number of carboxylic acid groups (broad SMARTS) is 4. The Hall–Kier alpha value is -1.52. The Balaban J connectivity index is -0.0000000369. The van der Waals surface area contributed by atoms with Crippen molar-refractivity contribution in [3.8, 4) is 0 Å². The Morgan fingerprint density at radius 2 is 0.529 bits per heavy atom. The van der Waals surface area contributed by atoms with E-state index in [1.807, 2.05) is 0 Å². The van der Waals surface area contributed by atoms with Crippen LogP contribution in [0.1, 0.15) is 27.7 Å². The van der Waals surface area contributed by atoms with Crippen LogP contribution in [-0.4, -0.2) is 63.2 Å². The van der Waals surface area contributed by atoms with Crippen LogP contribution in [0.2, 0.25) is 0 Å². The number of rotatable bonds is 0. The number of aliphatic carboxylic acids is 4. The van der Waals surface area contributed by atoms with Gasteiger partial charge in [0.25, 0.3) is 23.9 Å². The van der Waals surface area contributed by atoms with E-state index in [-0.39, 0.29) is 18.9 Å². The van der Waals surface area contributed by atoms with E-state index in [2.05, 4.69) is 0 Å². The molecule has 0 spiro atoms. The van der Waals surface area contributed by atoms with Crippen LogP contribution >= 0.6 is 0 Å². The van der Waals surface area contributed by atoms with Crippen LogP contribution in [-0.2, 0) is 19.2 Å². The van der Waals surface area contributed by atoms with E-state index in [0.29, 0.717) is 0 Å². The van der Waals surface area contributed by atoms with Crippen molar-refractivity contribution in [2.24, 2.45) is 0 Å². The van der Waals surface area contributed by atoms with E-state index in [1.54, 1.807) is 0 Å². The first-order valence-electron chi connectivity index (χ1n) is 3.71. The van der Waals surface area contributed by atoms with Gasteiger partial charge in [-0.05, 0) is 0 Å². The minimum atomic E-state index is -0.833. The molecule has 0 radical (unpaired) electrons. The van der Waals surface area contributed by atoms with Gasteiger partial charge in [0, 0.05) is 27.7 Å². The molecule has 4 N–H and O–H groups in total. The molecule has 0 aliphatic rings. The Morgan fingerprint density at radius 3 is 0.529 bits per heavy atom. The molecule has 0 aliphatic heterocycles. The van der Waals surface area contributed by atoms with Gasteiger partial charge in [0.1, 0.15) is 0 Å². The van der Waals surface area contributed by atoms with Gasteiger partial charge in [-0.3, -0.25) is 19.2 Å². The van der Waals surface area contributed by atoms with Gasteiger partial charge in [-0.25, -0.2) is 0 Å². The van der Waals surface area contributed by atoms with Crippen molar-refractivity contribution in [2.75, 3.05) is 0 Å². The molecule has 0 aromatic carbocycles. The monoisotopic (exact) mass is 248 g/mol. The summed E-state index contributed by atoms with van der Waals surface area (Å²) >= 11 is 0. The molecule has 0 aromatic rings. The van der Waals surface area contributed by atoms with E-state index < -0.39 is 23.9 Å². The van der Waals surface area contributed by atoms with Crippen molar-refractivity contribution in [3.63, 3.8) is 0 Å². The molecule has 0 heterocycles. The van der Waals surface area contributed by atoms with E-state index in [1.165, 1.54) is 0 Å². The third-order valence-electron chi connectivity index (χ3n) is 0. The predicted molar refractivity (Wildman–Crippen MR) is 60.4 cm³/mol. The second-order valence-corrected chi connectivity index (χ2v) is 2.08. The normalized spacial score (nSPS) is 5.88. The van der Waals surface area contributed by atoms with Crippen molar-refractivity contribution >= 4 is 42.7 Å². The first kappa shape index (κ1) is 29.6. The van der Waals surface area contributed by atoms with E-state index >= 15 is 0 Å². The van der Waals surface area contributed by atoms with E-state index in [0.717, 1.165) is 27.7 Å². The summed E-state index contributed by atoms with van der Waals surface area (Å²) in [5.74, 6) is -3.33. The molecule has 0 fully saturated rings. The second-order valence-electron chi connectivity index (χ2n) is 2.08. The standard InChI is InChI=1S/4C2H4O2.Li.H/c4*1-2(3)4;;/h4*1H3,(H,3,4);;. The fourth-order valence-corrected chi connectivity index (χ4v) is 0. The Kier molecular flexibility index (Phi) is 41.6. The maximum absolute atomic E-state index is 9.00. The summed E-state index contributed by atoms with van der Waals surface area (Å²) in [5.41, 5.74) is 0. The fourth-order valence-electron chi connectivity index (χ4n) is 0. The number of carboxylic acids is 4. The van der Waals surface area contributed by atoms with Gasteiger partial charge >= 0.3 is 18.9 Å². The summed E-state index contributed by atoms with van der Waals surface area (Å²) in [7, 11) is 0. The predicted octanol–water partition coefficient (Wildman–Crippen LogP) is -0.285. The SMILES string of the molecule is CC(=O)O.CC(=O)O.CC(=O)O.CC(=O)O.[LiH]. The van der Waals surface area contributed by atoms with Gasteiger partial charge < -0.3 is 20.4 Å². The summed E-state index contributed by atoms with van der Waals surface area (Å²) < 4.78 is 0. The molecule has 17 heavy (non-hydrogen) atoms. The molecule has 0 saturated heterocycles. The number of carbonyl (C=O) groups is 4. The van der Waals surface area contributed by atoms with Crippen LogP contribution in [0.3, 0.4) is 0 Å². The Labute approximate surface area is 110 Å². The van der Waals surface area contributed by atoms with Crippen molar-refractivity contribution in [2.45, 2.75) is 27.7 Å². The molecule has 98 valence electrons. The topological polar surface area (TPSA) is 149 Å². The van der Waals surface area contributed by atoms with E-state index in [9.17, 15) is 0 Å². The summed E-state index contributed by atoms with van der Waals surface area (Å²) in [5, 5.41) is 29.7. The van der Waals surface area contributed by atoms with Crippen LogP contribution in [0.25, 0.3) is 0 Å². The number of hydrogen-bond donors (Lipinski definition) is 4. The first-order valence-corrected chi connectivity index (χ1v) is 3.71. The van der Waals surface area contributed by atoms with Crippen molar-refractivity contribution < 1.29 is 39.6 Å². The zero-order chi connectivity index (χ0) is 14.3. The Bertz CT molecular complexity index is 162. The van der Waals surface area contributed by atoms with Crippen molar-refractivity contribution in [1.29, 1.82) is 0 Å². The minimum absolute atomic E-state index is 0. The molecule has 0 saturated carbocycles. The van der Waals surface area contributed by atoms with E-state index in [4.69, 9.17) is 39.6 Å². The molecular weight excluding hydrogens is 231 g/mol. The summed E-state index contributed by atoms with van der Waals surface area (Å²) in [4.78, 5) is 36.0. The van der Waals surface area contributed by atoms with Crippen LogP contribution in [0, 0.1) is 0 Å². The molecule has 9 heteroatoms. The molecule has 0 aliphatic carbocycles. The van der Waals surface area contributed by atoms with Gasteiger partial charge in [0.15, 0.2) is 0 Å². The van der Waals surface area contributed by atoms with Gasteiger partial charge in [-0.2, -0.15) is 0 Å². The summed E-state index contributed by atoms with van der Waals surface area (Å²) in [6, 6.07) is 0. The summed E-state index contributed by atoms with van der Waals surface area (Å²) in [6.45, 7) is 4.33. The van der Waals surface area contributed by atoms with Gasteiger partial charge in [0.05, 0.1) is 0 Å². The van der Waals surface area contributed by atoms with Gasteiger partial charge in [0.2, 0.25) is 0 Å². The second kappa shape index (κ2) is 24.0. The van der Waals surface area contributed by atoms with Gasteiger partial charge in [-0.15, -0.1) is 0 Å². The zero-order valence-electron chi connectivity index (χ0n) is 9.42.